The topological polar surface area (TPSA) is 76.0 Å². The Morgan fingerprint density at radius 1 is 0.893 bits per heavy atom. The number of hydrazine groups is 1. The lowest BCUT2D eigenvalue weighted by atomic mass is 10.1. The van der Waals surface area contributed by atoms with Crippen LogP contribution in [-0.4, -0.2) is 21.6 Å². The van der Waals surface area contributed by atoms with Crippen molar-refractivity contribution in [3.8, 4) is 5.69 Å². The Bertz CT molecular complexity index is 973. The number of aromatic nitrogens is 2. The zero-order chi connectivity index (χ0) is 20.1. The number of hydrogen-bond acceptors (Lipinski definition) is 3. The minimum Gasteiger partial charge on any atom is -0.267 e. The van der Waals surface area contributed by atoms with Crippen molar-refractivity contribution in [1.82, 2.24) is 20.6 Å². The number of hydrogen-bond donors (Lipinski definition) is 2. The maximum Gasteiger partial charge on any atom is 0.273 e. The smallest absolute Gasteiger partial charge is 0.267 e. The maximum atomic E-state index is 12.6. The Morgan fingerprint density at radius 3 is 2.14 bits per heavy atom. The third-order valence-corrected chi connectivity index (χ3v) is 4.64. The van der Waals surface area contributed by atoms with Gasteiger partial charge in [0.15, 0.2) is 0 Å². The molecule has 1 aromatic heterocycles. The first-order valence-electron chi connectivity index (χ1n) is 9.37. The van der Waals surface area contributed by atoms with Crippen LogP contribution in [0.1, 0.15) is 51.4 Å². The average Bonchev–Trinajstić information content (AvgIpc) is 3.16. The van der Waals surface area contributed by atoms with Crippen molar-refractivity contribution in [3.63, 3.8) is 0 Å². The Kier molecular flexibility index (Phi) is 5.89. The van der Waals surface area contributed by atoms with Gasteiger partial charge in [-0.05, 0) is 49.6 Å². The summed E-state index contributed by atoms with van der Waals surface area (Å²) in [5, 5.41) is 4.36. The maximum absolute atomic E-state index is 12.6. The Labute approximate surface area is 164 Å². The van der Waals surface area contributed by atoms with E-state index in [9.17, 15) is 9.59 Å². The summed E-state index contributed by atoms with van der Waals surface area (Å²) >= 11 is 0. The van der Waals surface area contributed by atoms with Gasteiger partial charge in [-0.3, -0.25) is 20.4 Å². The van der Waals surface area contributed by atoms with Crippen LogP contribution in [0.5, 0.6) is 0 Å². The lowest BCUT2D eigenvalue weighted by molar-refractivity contribution is 0.0846. The van der Waals surface area contributed by atoms with Crippen molar-refractivity contribution in [1.29, 1.82) is 0 Å². The first-order chi connectivity index (χ1) is 13.5. The molecule has 1 heterocycles. The second-order valence-corrected chi connectivity index (χ2v) is 6.56. The third kappa shape index (κ3) is 4.11. The molecule has 0 atom stereocenters. The van der Waals surface area contributed by atoms with E-state index in [0.717, 1.165) is 28.9 Å². The van der Waals surface area contributed by atoms with Crippen molar-refractivity contribution in [2.45, 2.75) is 33.6 Å². The Hall–Kier alpha value is -3.41. The van der Waals surface area contributed by atoms with Crippen LogP contribution in [0.25, 0.3) is 5.69 Å². The predicted octanol–water partition coefficient (Wildman–Crippen LogP) is 3.38. The molecule has 0 aliphatic heterocycles. The SMILES string of the molecule is CCc1ccc(C(=O)NNC(=O)c2cnn(-c3ccc(C)cc3)c2CC)cc1. The van der Waals surface area contributed by atoms with Crippen LogP contribution in [0.15, 0.2) is 54.7 Å². The summed E-state index contributed by atoms with van der Waals surface area (Å²) in [4.78, 5) is 24.8. The third-order valence-electron chi connectivity index (χ3n) is 4.64. The summed E-state index contributed by atoms with van der Waals surface area (Å²) in [5.74, 6) is -0.756. The largest absolute Gasteiger partial charge is 0.273 e. The van der Waals surface area contributed by atoms with Crippen molar-refractivity contribution < 1.29 is 9.59 Å². The number of carbonyl (C=O) groups excluding carboxylic acids is 2. The fraction of sp³-hybridized carbons (Fsp3) is 0.227. The number of aryl methyl sites for hydroxylation is 2. The highest BCUT2D eigenvalue weighted by Crippen LogP contribution is 2.16. The molecular formula is C22H24N4O2. The molecule has 3 rings (SSSR count). The van der Waals surface area contributed by atoms with Gasteiger partial charge in [-0.1, -0.05) is 43.7 Å². The van der Waals surface area contributed by atoms with Crippen LogP contribution in [-0.2, 0) is 12.8 Å². The average molecular weight is 376 g/mol. The molecule has 28 heavy (non-hydrogen) atoms. The molecule has 3 aromatic rings. The van der Waals surface area contributed by atoms with Gasteiger partial charge >= 0.3 is 0 Å². The number of benzene rings is 2. The van der Waals surface area contributed by atoms with Gasteiger partial charge < -0.3 is 0 Å². The summed E-state index contributed by atoms with van der Waals surface area (Å²) in [6.45, 7) is 6.04. The molecule has 0 saturated heterocycles. The molecule has 2 aromatic carbocycles. The Morgan fingerprint density at radius 2 is 1.54 bits per heavy atom. The number of nitrogens with zero attached hydrogens (tertiary/aromatic N) is 2. The van der Waals surface area contributed by atoms with Crippen molar-refractivity contribution in [3.05, 3.63) is 82.7 Å². The fourth-order valence-corrected chi connectivity index (χ4v) is 2.96. The summed E-state index contributed by atoms with van der Waals surface area (Å²) in [6, 6.07) is 15.2. The highest BCUT2D eigenvalue weighted by Gasteiger charge is 2.18. The normalized spacial score (nSPS) is 10.5. The van der Waals surface area contributed by atoms with Gasteiger partial charge in [0, 0.05) is 5.56 Å². The summed E-state index contributed by atoms with van der Waals surface area (Å²) in [7, 11) is 0. The van der Waals surface area contributed by atoms with Gasteiger partial charge in [0.2, 0.25) is 0 Å². The second-order valence-electron chi connectivity index (χ2n) is 6.56. The lowest BCUT2D eigenvalue weighted by Gasteiger charge is -2.10. The predicted molar refractivity (Wildman–Crippen MR) is 108 cm³/mol. The van der Waals surface area contributed by atoms with Crippen molar-refractivity contribution >= 4 is 11.8 Å². The van der Waals surface area contributed by atoms with Crippen LogP contribution in [0.3, 0.4) is 0 Å². The number of rotatable bonds is 5. The van der Waals surface area contributed by atoms with Crippen LogP contribution < -0.4 is 10.9 Å². The molecule has 2 N–H and O–H groups in total. The van der Waals surface area contributed by atoms with E-state index in [2.05, 4.69) is 22.9 Å². The van der Waals surface area contributed by atoms with Crippen molar-refractivity contribution in [2.75, 3.05) is 0 Å². The quantitative estimate of drug-likeness (QED) is 0.670. The summed E-state index contributed by atoms with van der Waals surface area (Å²) in [5.41, 5.74) is 9.85. The molecule has 0 aliphatic carbocycles. The molecule has 2 amide bonds. The zero-order valence-electron chi connectivity index (χ0n) is 16.3. The van der Waals surface area contributed by atoms with Gasteiger partial charge in [-0.25, -0.2) is 4.68 Å². The molecule has 0 saturated carbocycles. The molecule has 0 unspecified atom stereocenters. The van der Waals surface area contributed by atoms with Crippen molar-refractivity contribution in [2.24, 2.45) is 0 Å². The molecule has 6 nitrogen and oxygen atoms in total. The molecular weight excluding hydrogens is 352 g/mol. The minimum absolute atomic E-state index is 0.361. The van der Waals surface area contributed by atoms with E-state index in [1.54, 1.807) is 16.8 Å². The van der Waals surface area contributed by atoms with E-state index >= 15 is 0 Å². The van der Waals surface area contributed by atoms with E-state index < -0.39 is 5.91 Å². The van der Waals surface area contributed by atoms with E-state index in [1.165, 1.54) is 6.20 Å². The van der Waals surface area contributed by atoms with Gasteiger partial charge in [0.25, 0.3) is 11.8 Å². The molecule has 0 fully saturated rings. The van der Waals surface area contributed by atoms with E-state index in [0.29, 0.717) is 17.5 Å². The van der Waals surface area contributed by atoms with Crippen LogP contribution >= 0.6 is 0 Å². The lowest BCUT2D eigenvalue weighted by Crippen LogP contribution is -2.41. The fourth-order valence-electron chi connectivity index (χ4n) is 2.96. The second kappa shape index (κ2) is 8.52. The standard InChI is InChI=1S/C22H24N4O2/c1-4-16-8-10-17(11-9-16)21(27)24-25-22(28)19-14-23-26(20(19)5-2)18-12-6-15(3)7-13-18/h6-14H,4-5H2,1-3H3,(H,24,27)(H,25,28). The molecule has 144 valence electrons. The zero-order valence-corrected chi connectivity index (χ0v) is 16.3. The molecule has 0 radical (unpaired) electrons. The number of amides is 2. The summed E-state index contributed by atoms with van der Waals surface area (Å²) < 4.78 is 1.75. The van der Waals surface area contributed by atoms with Crippen LogP contribution in [0.4, 0.5) is 0 Å². The van der Waals surface area contributed by atoms with Gasteiger partial charge in [-0.2, -0.15) is 5.10 Å². The van der Waals surface area contributed by atoms with E-state index in [1.807, 2.05) is 50.2 Å². The van der Waals surface area contributed by atoms with E-state index in [4.69, 9.17) is 0 Å². The van der Waals surface area contributed by atoms with E-state index in [-0.39, 0.29) is 5.91 Å². The molecule has 0 spiro atoms. The van der Waals surface area contributed by atoms with Gasteiger partial charge in [0.1, 0.15) is 0 Å². The number of nitrogens with one attached hydrogen (secondary N) is 2. The molecule has 0 bridgehead atoms. The van der Waals surface area contributed by atoms with Crippen LogP contribution in [0, 0.1) is 6.92 Å². The minimum atomic E-state index is -0.395. The van der Waals surface area contributed by atoms with Gasteiger partial charge in [-0.15, -0.1) is 0 Å². The monoisotopic (exact) mass is 376 g/mol. The highest BCUT2D eigenvalue weighted by molar-refractivity contribution is 5.99. The van der Waals surface area contributed by atoms with Crippen LogP contribution in [0.2, 0.25) is 0 Å². The first kappa shape index (κ1) is 19.4. The van der Waals surface area contributed by atoms with Gasteiger partial charge in [0.05, 0.1) is 23.1 Å². The number of carbonyl (C=O) groups is 2. The molecule has 6 heteroatoms. The highest BCUT2D eigenvalue weighted by atomic mass is 16.2. The Balaban J connectivity index is 1.72. The summed E-state index contributed by atoms with van der Waals surface area (Å²) in [6.07, 6.45) is 3.06. The first-order valence-corrected chi connectivity index (χ1v) is 9.37. The molecule has 0 aliphatic rings.